The number of carbonyl (C=O) groups excluding carboxylic acids is 1. The maximum atomic E-state index is 11.9. The number of ether oxygens (including phenoxy) is 1. The number of anilines is 1. The van der Waals surface area contributed by atoms with Gasteiger partial charge in [0.05, 0.1) is 24.0 Å². The molecule has 7 heteroatoms. The van der Waals surface area contributed by atoms with Crippen molar-refractivity contribution in [3.63, 3.8) is 0 Å². The van der Waals surface area contributed by atoms with Crippen LogP contribution in [-0.2, 0) is 10.3 Å². The average molecular weight is 449 g/mol. The summed E-state index contributed by atoms with van der Waals surface area (Å²) in [6.07, 6.45) is 1.16. The molecule has 0 aromatic heterocycles. The Hall–Kier alpha value is -1.96. The van der Waals surface area contributed by atoms with Crippen molar-refractivity contribution in [3.8, 4) is 0 Å². The highest BCUT2D eigenvalue weighted by Crippen LogP contribution is 2.33. The third kappa shape index (κ3) is 4.48. The van der Waals surface area contributed by atoms with E-state index in [1.165, 1.54) is 7.11 Å². The highest BCUT2D eigenvalue weighted by molar-refractivity contribution is 9.10. The van der Waals surface area contributed by atoms with Gasteiger partial charge in [-0.05, 0) is 54.9 Å². The Morgan fingerprint density at radius 2 is 1.81 bits per heavy atom. The lowest BCUT2D eigenvalue weighted by molar-refractivity contribution is -0.0117. The van der Waals surface area contributed by atoms with Crippen molar-refractivity contribution in [1.29, 1.82) is 0 Å². The van der Waals surface area contributed by atoms with E-state index >= 15 is 0 Å². The third-order valence-corrected chi connectivity index (χ3v) is 5.72. The molecule has 1 aliphatic heterocycles. The van der Waals surface area contributed by atoms with E-state index in [4.69, 9.17) is 17.0 Å². The predicted molar refractivity (Wildman–Crippen MR) is 113 cm³/mol. The van der Waals surface area contributed by atoms with Crippen LogP contribution in [0.3, 0.4) is 0 Å². The van der Waals surface area contributed by atoms with Crippen LogP contribution >= 0.6 is 28.1 Å². The molecule has 0 saturated carbocycles. The lowest BCUT2D eigenvalue weighted by Crippen LogP contribution is -2.46. The zero-order chi connectivity index (χ0) is 19.4. The van der Waals surface area contributed by atoms with Gasteiger partial charge >= 0.3 is 5.97 Å². The van der Waals surface area contributed by atoms with Gasteiger partial charge in [-0.2, -0.15) is 0 Å². The number of methoxy groups -OCH3 is 1. The molecule has 1 saturated heterocycles. The number of benzene rings is 2. The van der Waals surface area contributed by atoms with Gasteiger partial charge in [0.2, 0.25) is 0 Å². The minimum absolute atomic E-state index is 0.413. The summed E-state index contributed by atoms with van der Waals surface area (Å²) >= 11 is 8.94. The molecule has 0 amide bonds. The van der Waals surface area contributed by atoms with Crippen LogP contribution in [0, 0.1) is 0 Å². The number of nitrogens with zero attached hydrogens (tertiary/aromatic N) is 1. The molecule has 3 rings (SSSR count). The van der Waals surface area contributed by atoms with Gasteiger partial charge < -0.3 is 20.1 Å². The fraction of sp³-hybridized carbons (Fsp3) is 0.300. The Bertz CT molecular complexity index is 833. The first-order valence-electron chi connectivity index (χ1n) is 8.65. The summed E-state index contributed by atoms with van der Waals surface area (Å²) < 4.78 is 5.80. The van der Waals surface area contributed by atoms with Gasteiger partial charge in [0.1, 0.15) is 0 Å². The molecule has 0 atom stereocenters. The molecule has 0 unspecified atom stereocenters. The molecule has 0 bridgehead atoms. The SMILES string of the molecule is COC(=O)c1ccccc1NC(=S)N1CCC(O)(c2ccc(Br)cc2)CC1. The smallest absolute Gasteiger partial charge is 0.339 e. The second-order valence-corrected chi connectivity index (χ2v) is 7.80. The second-order valence-electron chi connectivity index (χ2n) is 6.49. The molecule has 27 heavy (non-hydrogen) atoms. The fourth-order valence-electron chi connectivity index (χ4n) is 3.20. The number of carbonyl (C=O) groups is 1. The van der Waals surface area contributed by atoms with Gasteiger partial charge in [0, 0.05) is 17.6 Å². The molecule has 2 aromatic rings. The minimum Gasteiger partial charge on any atom is -0.465 e. The van der Waals surface area contributed by atoms with Crippen molar-refractivity contribution in [2.24, 2.45) is 0 Å². The van der Waals surface area contributed by atoms with Crippen molar-refractivity contribution in [3.05, 3.63) is 64.1 Å². The van der Waals surface area contributed by atoms with E-state index in [0.717, 1.165) is 10.0 Å². The zero-order valence-electron chi connectivity index (χ0n) is 14.9. The van der Waals surface area contributed by atoms with Crippen LogP contribution in [0.15, 0.2) is 53.0 Å². The number of esters is 1. The average Bonchev–Trinajstić information content (AvgIpc) is 2.68. The van der Waals surface area contributed by atoms with Crippen LogP contribution in [0.1, 0.15) is 28.8 Å². The van der Waals surface area contributed by atoms with E-state index in [0.29, 0.717) is 42.3 Å². The summed E-state index contributed by atoms with van der Waals surface area (Å²) in [6, 6.07) is 14.9. The summed E-state index contributed by atoms with van der Waals surface area (Å²) in [5.41, 5.74) is 1.12. The van der Waals surface area contributed by atoms with Crippen LogP contribution in [0.2, 0.25) is 0 Å². The molecule has 5 nitrogen and oxygen atoms in total. The zero-order valence-corrected chi connectivity index (χ0v) is 17.3. The molecular formula is C20H21BrN2O3S. The number of aliphatic hydroxyl groups is 1. The van der Waals surface area contributed by atoms with E-state index in [1.807, 2.05) is 35.2 Å². The van der Waals surface area contributed by atoms with Gasteiger partial charge in [0.25, 0.3) is 0 Å². The Balaban J connectivity index is 1.66. The number of hydrogen-bond donors (Lipinski definition) is 2. The predicted octanol–water partition coefficient (Wildman–Crippen LogP) is 3.92. The highest BCUT2D eigenvalue weighted by atomic mass is 79.9. The first-order chi connectivity index (χ1) is 12.9. The first kappa shape index (κ1) is 19.8. The highest BCUT2D eigenvalue weighted by Gasteiger charge is 2.34. The first-order valence-corrected chi connectivity index (χ1v) is 9.85. The van der Waals surface area contributed by atoms with Gasteiger partial charge in [-0.15, -0.1) is 0 Å². The quantitative estimate of drug-likeness (QED) is 0.547. The molecule has 0 aliphatic carbocycles. The summed E-state index contributed by atoms with van der Waals surface area (Å²) in [4.78, 5) is 13.9. The van der Waals surface area contributed by atoms with Crippen molar-refractivity contribution >= 4 is 44.9 Å². The normalized spacial score (nSPS) is 15.9. The van der Waals surface area contributed by atoms with E-state index in [-0.39, 0.29) is 0 Å². The van der Waals surface area contributed by atoms with Crippen molar-refractivity contribution in [1.82, 2.24) is 4.90 Å². The van der Waals surface area contributed by atoms with Gasteiger partial charge in [-0.3, -0.25) is 0 Å². The van der Waals surface area contributed by atoms with Crippen LogP contribution in [0.5, 0.6) is 0 Å². The third-order valence-electron chi connectivity index (χ3n) is 4.83. The molecule has 2 N–H and O–H groups in total. The molecule has 1 heterocycles. The summed E-state index contributed by atoms with van der Waals surface area (Å²) in [5.74, 6) is -0.413. The number of hydrogen-bond acceptors (Lipinski definition) is 4. The van der Waals surface area contributed by atoms with E-state index < -0.39 is 11.6 Å². The topological polar surface area (TPSA) is 61.8 Å². The molecule has 0 spiro atoms. The molecule has 142 valence electrons. The van der Waals surface area contributed by atoms with Crippen LogP contribution in [-0.4, -0.2) is 41.3 Å². The largest absolute Gasteiger partial charge is 0.465 e. The lowest BCUT2D eigenvalue weighted by Gasteiger charge is -2.39. The number of rotatable bonds is 3. The maximum Gasteiger partial charge on any atom is 0.339 e. The van der Waals surface area contributed by atoms with E-state index in [1.54, 1.807) is 18.2 Å². The van der Waals surface area contributed by atoms with Gasteiger partial charge in [-0.25, -0.2) is 4.79 Å². The van der Waals surface area contributed by atoms with Gasteiger partial charge in [-0.1, -0.05) is 40.2 Å². The van der Waals surface area contributed by atoms with Crippen LogP contribution in [0.25, 0.3) is 0 Å². The Labute approximate surface area is 172 Å². The van der Waals surface area contributed by atoms with Crippen LogP contribution < -0.4 is 5.32 Å². The monoisotopic (exact) mass is 448 g/mol. The summed E-state index contributed by atoms with van der Waals surface area (Å²) in [7, 11) is 1.35. The maximum absolute atomic E-state index is 11.9. The summed E-state index contributed by atoms with van der Waals surface area (Å²) in [6.45, 7) is 1.25. The van der Waals surface area contributed by atoms with Gasteiger partial charge in [0.15, 0.2) is 5.11 Å². The molecular weight excluding hydrogens is 428 g/mol. The van der Waals surface area contributed by atoms with Crippen LogP contribution in [0.4, 0.5) is 5.69 Å². The fourth-order valence-corrected chi connectivity index (χ4v) is 3.76. The Kier molecular flexibility index (Phi) is 6.14. The number of halogens is 1. The lowest BCUT2D eigenvalue weighted by atomic mass is 9.84. The second kappa shape index (κ2) is 8.37. The number of piperidine rings is 1. The Morgan fingerprint density at radius 1 is 1.19 bits per heavy atom. The van der Waals surface area contributed by atoms with Crippen molar-refractivity contribution < 1.29 is 14.6 Å². The van der Waals surface area contributed by atoms with E-state index in [2.05, 4.69) is 21.2 Å². The van der Waals surface area contributed by atoms with Crippen molar-refractivity contribution in [2.75, 3.05) is 25.5 Å². The Morgan fingerprint density at radius 3 is 2.44 bits per heavy atom. The summed E-state index contributed by atoms with van der Waals surface area (Å²) in [5, 5.41) is 14.7. The molecule has 1 fully saturated rings. The molecule has 0 radical (unpaired) electrons. The van der Waals surface area contributed by atoms with E-state index in [9.17, 15) is 9.90 Å². The molecule has 1 aliphatic rings. The van der Waals surface area contributed by atoms with Crippen molar-refractivity contribution in [2.45, 2.75) is 18.4 Å². The number of thiocarbonyl (C=S) groups is 1. The number of para-hydroxylation sites is 1. The number of likely N-dealkylation sites (tertiary alicyclic amines) is 1. The molecule has 2 aromatic carbocycles. The standard InChI is InChI=1S/C20H21BrN2O3S/c1-26-18(24)16-4-2-3-5-17(16)22-19(27)23-12-10-20(25,11-13-23)14-6-8-15(21)9-7-14/h2-9,25H,10-13H2,1H3,(H,22,27). The minimum atomic E-state index is -0.850. The number of nitrogens with one attached hydrogen (secondary N) is 1.